The van der Waals surface area contributed by atoms with Crippen LogP contribution in [0.4, 0.5) is 0 Å². The summed E-state index contributed by atoms with van der Waals surface area (Å²) in [7, 11) is 1.76. The number of imidazole rings is 1. The molecule has 1 aliphatic rings. The van der Waals surface area contributed by atoms with E-state index in [0.717, 1.165) is 0 Å². The van der Waals surface area contributed by atoms with Crippen molar-refractivity contribution in [2.24, 2.45) is 7.05 Å². The van der Waals surface area contributed by atoms with E-state index in [4.69, 9.17) is 4.74 Å². The van der Waals surface area contributed by atoms with Gasteiger partial charge in [-0.15, -0.1) is 0 Å². The van der Waals surface area contributed by atoms with Crippen LogP contribution in [0.15, 0.2) is 12.4 Å². The van der Waals surface area contributed by atoms with E-state index in [1.165, 1.54) is 4.90 Å². The lowest BCUT2D eigenvalue weighted by Crippen LogP contribution is -2.52. The summed E-state index contributed by atoms with van der Waals surface area (Å²) in [6, 6.07) is -0.686. The first-order valence-corrected chi connectivity index (χ1v) is 5.67. The van der Waals surface area contributed by atoms with Crippen molar-refractivity contribution in [1.82, 2.24) is 14.5 Å². The number of carbonyl (C=O) groups is 2. The van der Waals surface area contributed by atoms with E-state index < -0.39 is 18.1 Å². The molecule has 7 nitrogen and oxygen atoms in total. The molecule has 18 heavy (non-hydrogen) atoms. The summed E-state index contributed by atoms with van der Waals surface area (Å²) in [5.74, 6) is -0.797. The van der Waals surface area contributed by atoms with Crippen molar-refractivity contribution in [2.45, 2.75) is 19.1 Å². The van der Waals surface area contributed by atoms with Crippen LogP contribution in [0.1, 0.15) is 18.8 Å². The summed E-state index contributed by atoms with van der Waals surface area (Å²) in [4.78, 5) is 28.6. The van der Waals surface area contributed by atoms with Crippen LogP contribution in [-0.4, -0.2) is 50.7 Å². The summed E-state index contributed by atoms with van der Waals surface area (Å²) in [5.41, 5.74) is 0. The van der Waals surface area contributed by atoms with E-state index in [1.807, 2.05) is 0 Å². The number of carboxylic acids is 1. The van der Waals surface area contributed by atoms with Gasteiger partial charge in [-0.2, -0.15) is 0 Å². The molecule has 0 spiro atoms. The number of rotatable bonds is 3. The number of hydrogen-bond donors (Lipinski definition) is 1. The molecule has 2 heterocycles. The minimum Gasteiger partial charge on any atom is -0.479 e. The lowest BCUT2D eigenvalue weighted by Gasteiger charge is -2.37. The first-order chi connectivity index (χ1) is 8.56. The van der Waals surface area contributed by atoms with Crippen molar-refractivity contribution in [2.75, 3.05) is 13.2 Å². The third-order valence-corrected chi connectivity index (χ3v) is 3.04. The smallest absolute Gasteiger partial charge is 0.335 e. The van der Waals surface area contributed by atoms with Gasteiger partial charge in [-0.3, -0.25) is 4.79 Å². The van der Waals surface area contributed by atoms with E-state index in [0.29, 0.717) is 12.4 Å². The van der Waals surface area contributed by atoms with Crippen molar-refractivity contribution >= 4 is 11.9 Å². The van der Waals surface area contributed by atoms with Gasteiger partial charge in [0.15, 0.2) is 6.10 Å². The van der Waals surface area contributed by atoms with Gasteiger partial charge in [0.1, 0.15) is 18.5 Å². The number of morpholine rings is 1. The molecular formula is C11H15N3O4. The maximum atomic E-state index is 11.8. The molecule has 1 fully saturated rings. The molecule has 2 unspecified atom stereocenters. The highest BCUT2D eigenvalue weighted by Crippen LogP contribution is 2.28. The van der Waals surface area contributed by atoms with E-state index in [9.17, 15) is 14.7 Å². The zero-order chi connectivity index (χ0) is 13.3. The van der Waals surface area contributed by atoms with Gasteiger partial charge in [-0.25, -0.2) is 9.78 Å². The normalized spacial score (nSPS) is 24.3. The Labute approximate surface area is 104 Å². The number of likely N-dealkylation sites (N-methyl/N-ethyl adjacent to an activating group) is 1. The van der Waals surface area contributed by atoms with Crippen LogP contribution in [0, 0.1) is 0 Å². The number of amides is 1. The molecule has 0 radical (unpaired) electrons. The molecule has 0 aromatic carbocycles. The van der Waals surface area contributed by atoms with Crippen molar-refractivity contribution in [3.8, 4) is 0 Å². The van der Waals surface area contributed by atoms with Crippen molar-refractivity contribution in [1.29, 1.82) is 0 Å². The highest BCUT2D eigenvalue weighted by atomic mass is 16.5. The molecule has 0 aliphatic carbocycles. The Morgan fingerprint density at radius 3 is 2.89 bits per heavy atom. The highest BCUT2D eigenvalue weighted by molar-refractivity contribution is 5.82. The van der Waals surface area contributed by atoms with E-state index in [2.05, 4.69) is 4.98 Å². The fourth-order valence-corrected chi connectivity index (χ4v) is 2.17. The average Bonchev–Trinajstić information content (AvgIpc) is 2.74. The second kappa shape index (κ2) is 4.77. The largest absolute Gasteiger partial charge is 0.479 e. The molecule has 7 heteroatoms. The summed E-state index contributed by atoms with van der Waals surface area (Å²) >= 11 is 0. The molecular weight excluding hydrogens is 238 g/mol. The molecule has 1 saturated heterocycles. The van der Waals surface area contributed by atoms with Crippen molar-refractivity contribution < 1.29 is 19.4 Å². The molecule has 2 rings (SSSR count). The quantitative estimate of drug-likeness (QED) is 0.806. The molecule has 1 amide bonds. The van der Waals surface area contributed by atoms with Crippen LogP contribution in [-0.2, 0) is 21.4 Å². The number of aryl methyl sites for hydroxylation is 1. The lowest BCUT2D eigenvalue weighted by molar-refractivity contribution is -0.173. The number of nitrogens with zero attached hydrogens (tertiary/aromatic N) is 3. The van der Waals surface area contributed by atoms with E-state index in [-0.39, 0.29) is 12.5 Å². The van der Waals surface area contributed by atoms with Crippen LogP contribution in [0.2, 0.25) is 0 Å². The third-order valence-electron chi connectivity index (χ3n) is 3.04. The molecule has 98 valence electrons. The molecule has 1 aliphatic heterocycles. The van der Waals surface area contributed by atoms with Crippen LogP contribution in [0.25, 0.3) is 0 Å². The van der Waals surface area contributed by atoms with Crippen molar-refractivity contribution in [3.63, 3.8) is 0 Å². The standard InChI is InChI=1S/C11H15N3O4/c1-3-14-7(15)6-18-9(11(16)17)8(14)10-12-4-5-13(10)2/h4-5,8-9H,3,6H2,1-2H3,(H,16,17). The number of hydrogen-bond acceptors (Lipinski definition) is 4. The lowest BCUT2D eigenvalue weighted by atomic mass is 10.1. The maximum Gasteiger partial charge on any atom is 0.335 e. The monoisotopic (exact) mass is 253 g/mol. The second-order valence-electron chi connectivity index (χ2n) is 4.09. The minimum absolute atomic E-state index is 0.203. The van der Waals surface area contributed by atoms with E-state index in [1.54, 1.807) is 30.9 Å². The number of carbonyl (C=O) groups excluding carboxylic acids is 1. The number of aromatic nitrogens is 2. The summed E-state index contributed by atoms with van der Waals surface area (Å²) in [5, 5.41) is 9.20. The fourth-order valence-electron chi connectivity index (χ4n) is 2.17. The predicted molar refractivity (Wildman–Crippen MR) is 60.7 cm³/mol. The van der Waals surface area contributed by atoms with E-state index >= 15 is 0 Å². The van der Waals surface area contributed by atoms with Gasteiger partial charge < -0.3 is 19.3 Å². The summed E-state index contributed by atoms with van der Waals surface area (Å²) in [6.45, 7) is 2.02. The van der Waals surface area contributed by atoms with Gasteiger partial charge in [-0.1, -0.05) is 0 Å². The fraction of sp³-hybridized carbons (Fsp3) is 0.545. The second-order valence-corrected chi connectivity index (χ2v) is 4.09. The predicted octanol–water partition coefficient (Wildman–Crippen LogP) is -0.207. The van der Waals surface area contributed by atoms with Crippen LogP contribution in [0.5, 0.6) is 0 Å². The minimum atomic E-state index is -1.09. The highest BCUT2D eigenvalue weighted by Gasteiger charge is 2.43. The molecule has 0 bridgehead atoms. The van der Waals surface area contributed by atoms with Crippen molar-refractivity contribution in [3.05, 3.63) is 18.2 Å². The molecule has 1 aromatic heterocycles. The van der Waals surface area contributed by atoms with Gasteiger partial charge in [-0.05, 0) is 6.92 Å². The Balaban J connectivity index is 2.43. The number of aliphatic carboxylic acids is 1. The SMILES string of the molecule is CCN1C(=O)COC(C(=O)O)C1c1nccn1C. The first kappa shape index (κ1) is 12.6. The Morgan fingerprint density at radius 1 is 1.67 bits per heavy atom. The van der Waals surface area contributed by atoms with Crippen LogP contribution >= 0.6 is 0 Å². The molecule has 1 N–H and O–H groups in total. The topological polar surface area (TPSA) is 84.7 Å². The third kappa shape index (κ3) is 1.97. The zero-order valence-corrected chi connectivity index (χ0v) is 10.2. The maximum absolute atomic E-state index is 11.8. The summed E-state index contributed by atoms with van der Waals surface area (Å²) < 4.78 is 6.83. The molecule has 0 saturated carbocycles. The van der Waals surface area contributed by atoms with Gasteiger partial charge in [0, 0.05) is 26.0 Å². The molecule has 1 aromatic rings. The van der Waals surface area contributed by atoms with Gasteiger partial charge in [0.25, 0.3) is 0 Å². The molecule has 2 atom stereocenters. The Bertz CT molecular complexity index is 469. The number of carboxylic acid groups (broad SMARTS) is 1. The first-order valence-electron chi connectivity index (χ1n) is 5.67. The average molecular weight is 253 g/mol. The Kier molecular flexibility index (Phi) is 3.33. The zero-order valence-electron chi connectivity index (χ0n) is 10.2. The number of ether oxygens (including phenoxy) is 1. The van der Waals surface area contributed by atoms with Gasteiger partial charge in [0.05, 0.1) is 0 Å². The summed E-state index contributed by atoms with van der Waals surface area (Å²) in [6.07, 6.45) is 2.20. The van der Waals surface area contributed by atoms with Crippen LogP contribution < -0.4 is 0 Å². The Morgan fingerprint density at radius 2 is 2.39 bits per heavy atom. The van der Waals surface area contributed by atoms with Crippen LogP contribution in [0.3, 0.4) is 0 Å². The Hall–Kier alpha value is -1.89. The van der Waals surface area contributed by atoms with Gasteiger partial charge >= 0.3 is 5.97 Å². The van der Waals surface area contributed by atoms with Gasteiger partial charge in [0.2, 0.25) is 5.91 Å².